The zero-order chi connectivity index (χ0) is 28.7. The summed E-state index contributed by atoms with van der Waals surface area (Å²) < 4.78 is 16.9. The van der Waals surface area contributed by atoms with Gasteiger partial charge >= 0.3 is 6.09 Å². The van der Waals surface area contributed by atoms with Crippen molar-refractivity contribution in [2.45, 2.75) is 0 Å². The van der Waals surface area contributed by atoms with E-state index in [0.29, 0.717) is 51.8 Å². The normalized spacial score (nSPS) is 12.2. The number of thioether (sulfide) groups is 8. The first-order valence-electron chi connectivity index (χ1n) is 10.8. The van der Waals surface area contributed by atoms with Crippen LogP contribution in [0, 0.1) is 0 Å². The standard InChI is InChI=1S/C18H34N4O8S9/c23-11-34-15-36-13-28-17(25)21-8-33-7-20-10-39(27)4-3-31-1-2-38-18(26)22-9-32-6-19-5-29-30-14-37-16-35-12-24/h5,10,23-24H,1-4,6-9,11-16H2,(H,21,25)(H,22,26)/b19-5+,20-10+. The van der Waals surface area contributed by atoms with E-state index in [1.54, 1.807) is 11.8 Å². The van der Waals surface area contributed by atoms with Gasteiger partial charge in [0.15, 0.2) is 0 Å². The first-order chi connectivity index (χ1) is 19.1. The summed E-state index contributed by atoms with van der Waals surface area (Å²) in [5.41, 5.74) is 1.42. The molecule has 1 atom stereocenters. The van der Waals surface area contributed by atoms with Crippen LogP contribution in [-0.4, -0.2) is 118 Å². The van der Waals surface area contributed by atoms with E-state index in [0.717, 1.165) is 10.8 Å². The van der Waals surface area contributed by atoms with Crippen LogP contribution in [0.15, 0.2) is 9.98 Å². The lowest BCUT2D eigenvalue weighted by Gasteiger charge is -2.06. The quantitative estimate of drug-likeness (QED) is 0.0184. The predicted molar refractivity (Wildman–Crippen MR) is 179 cm³/mol. The van der Waals surface area contributed by atoms with Crippen LogP contribution in [0.25, 0.3) is 0 Å². The van der Waals surface area contributed by atoms with Gasteiger partial charge in [0.2, 0.25) is 11.9 Å². The Labute approximate surface area is 266 Å². The molecule has 0 aliphatic heterocycles. The second kappa shape index (κ2) is 33.4. The van der Waals surface area contributed by atoms with Gasteiger partial charge in [-0.3, -0.25) is 4.79 Å². The second-order valence-corrected chi connectivity index (χ2v) is 16.0. The Balaban J connectivity index is 3.45. The van der Waals surface area contributed by atoms with E-state index in [-0.39, 0.29) is 23.1 Å². The zero-order valence-electron chi connectivity index (χ0n) is 21.0. The van der Waals surface area contributed by atoms with Crippen LogP contribution in [0.3, 0.4) is 0 Å². The third-order valence-electron chi connectivity index (χ3n) is 3.16. The van der Waals surface area contributed by atoms with Gasteiger partial charge < -0.3 is 35.0 Å². The Hall–Kier alpha value is 0.870. The van der Waals surface area contributed by atoms with Crippen molar-refractivity contribution in [2.24, 2.45) is 9.98 Å². The van der Waals surface area contributed by atoms with Gasteiger partial charge in [-0.15, -0.1) is 70.6 Å². The number of alkyl carbamates (subject to hydrolysis) is 1. The molecule has 0 aliphatic rings. The largest absolute Gasteiger partial charge is 0.611 e. The Bertz CT molecular complexity index is 647. The highest BCUT2D eigenvalue weighted by atomic mass is 32.2. The minimum atomic E-state index is -1.15. The van der Waals surface area contributed by atoms with E-state index in [1.165, 1.54) is 94.3 Å². The fourth-order valence-corrected chi connectivity index (χ4v) is 8.04. The Kier molecular flexibility index (Phi) is 34.1. The highest BCUT2D eigenvalue weighted by Gasteiger charge is 2.05. The number of aliphatic imine (C=N–C) groups is 2. The van der Waals surface area contributed by atoms with E-state index in [4.69, 9.17) is 24.7 Å². The Morgan fingerprint density at radius 2 is 1.54 bits per heavy atom. The van der Waals surface area contributed by atoms with Gasteiger partial charge in [0, 0.05) is 27.4 Å². The lowest BCUT2D eigenvalue weighted by Crippen LogP contribution is -2.23. The fourth-order valence-electron chi connectivity index (χ4n) is 1.63. The number of carbonyl (C=O) groups is 2. The van der Waals surface area contributed by atoms with Crippen LogP contribution in [0.1, 0.15) is 0 Å². The van der Waals surface area contributed by atoms with Crippen LogP contribution in [0.2, 0.25) is 0 Å². The number of carbonyl (C=O) groups excluding carboxylic acids is 2. The van der Waals surface area contributed by atoms with E-state index < -0.39 is 17.3 Å². The topological polar surface area (TPSA) is 174 Å². The monoisotopic (exact) mass is 722 g/mol. The summed E-state index contributed by atoms with van der Waals surface area (Å²) in [6.45, 7) is 0. The SMILES string of the molecule is O=C(NCSC/N=C/[S+]([O-])CCSCCSC(=O)NCSC/N=C/OOCSCSCO)OCSCSCO. The molecular formula is C18H34N4O8S9. The number of rotatable bonds is 27. The fraction of sp³-hybridized carbons (Fsp3) is 0.778. The average Bonchev–Trinajstić information content (AvgIpc) is 2.93. The molecule has 12 nitrogen and oxygen atoms in total. The van der Waals surface area contributed by atoms with Gasteiger partial charge in [-0.2, -0.15) is 16.6 Å². The number of aliphatic hydroxyl groups excluding tert-OH is 2. The summed E-state index contributed by atoms with van der Waals surface area (Å²) in [7, 11) is 0. The van der Waals surface area contributed by atoms with Crippen LogP contribution in [0.4, 0.5) is 9.59 Å². The van der Waals surface area contributed by atoms with Crippen molar-refractivity contribution < 1.29 is 38.9 Å². The zero-order valence-corrected chi connectivity index (χ0v) is 28.3. The molecule has 2 amide bonds. The maximum Gasteiger partial charge on any atom is 0.408 e. The number of hydrogen-bond donors (Lipinski definition) is 4. The molecule has 0 aromatic carbocycles. The molecule has 21 heteroatoms. The highest BCUT2D eigenvalue weighted by Crippen LogP contribution is 2.12. The molecular weight excluding hydrogens is 689 g/mol. The number of aliphatic hydroxyl groups is 2. The summed E-state index contributed by atoms with van der Waals surface area (Å²) in [6.07, 6.45) is 0.698. The summed E-state index contributed by atoms with van der Waals surface area (Å²) in [5.74, 6) is 4.89. The van der Waals surface area contributed by atoms with Crippen molar-refractivity contribution in [1.29, 1.82) is 0 Å². The average molecular weight is 723 g/mol. The summed E-state index contributed by atoms with van der Waals surface area (Å²) in [4.78, 5) is 40.9. The molecule has 0 aliphatic carbocycles. The van der Waals surface area contributed by atoms with Gasteiger partial charge in [0.25, 0.3) is 5.24 Å². The molecule has 1 unspecified atom stereocenters. The number of nitrogens with zero attached hydrogens (tertiary/aromatic N) is 2. The molecule has 0 spiro atoms. The molecule has 0 saturated carbocycles. The van der Waals surface area contributed by atoms with Crippen molar-refractivity contribution >= 4 is 129 Å². The van der Waals surface area contributed by atoms with Crippen molar-refractivity contribution in [3.05, 3.63) is 0 Å². The first-order valence-corrected chi connectivity index (χ1v) is 21.3. The Morgan fingerprint density at radius 3 is 2.28 bits per heavy atom. The van der Waals surface area contributed by atoms with E-state index in [1.807, 2.05) is 0 Å². The lowest BCUT2D eigenvalue weighted by molar-refractivity contribution is -0.196. The van der Waals surface area contributed by atoms with Crippen LogP contribution in [-0.2, 0) is 25.7 Å². The predicted octanol–water partition coefficient (Wildman–Crippen LogP) is 3.60. The molecule has 0 aromatic rings. The lowest BCUT2D eigenvalue weighted by atomic mass is 10.9. The number of hydrogen-bond acceptors (Lipinski definition) is 18. The minimum Gasteiger partial charge on any atom is -0.611 e. The summed E-state index contributed by atoms with van der Waals surface area (Å²) in [6, 6.07) is 0. The molecule has 0 rings (SSSR count). The molecule has 0 heterocycles. The van der Waals surface area contributed by atoms with Gasteiger partial charge in [-0.05, 0) is 11.2 Å². The maximum atomic E-state index is 11.9. The molecule has 39 heavy (non-hydrogen) atoms. The second-order valence-electron chi connectivity index (χ2n) is 5.91. The smallest absolute Gasteiger partial charge is 0.408 e. The van der Waals surface area contributed by atoms with Crippen molar-refractivity contribution in [3.63, 3.8) is 0 Å². The van der Waals surface area contributed by atoms with Crippen molar-refractivity contribution in [3.8, 4) is 0 Å². The molecule has 4 N–H and O–H groups in total. The maximum absolute atomic E-state index is 11.9. The van der Waals surface area contributed by atoms with E-state index in [9.17, 15) is 14.1 Å². The van der Waals surface area contributed by atoms with Crippen molar-refractivity contribution in [2.75, 3.05) is 80.4 Å². The van der Waals surface area contributed by atoms with E-state index in [2.05, 4.69) is 20.6 Å². The van der Waals surface area contributed by atoms with Crippen LogP contribution in [0.5, 0.6) is 0 Å². The molecule has 0 fully saturated rings. The summed E-state index contributed by atoms with van der Waals surface area (Å²) >= 11 is 10.1. The van der Waals surface area contributed by atoms with Gasteiger partial charge in [0.05, 0.1) is 35.4 Å². The third kappa shape index (κ3) is 33.2. The molecule has 0 radical (unpaired) electrons. The third-order valence-corrected chi connectivity index (χ3v) is 11.4. The summed E-state index contributed by atoms with van der Waals surface area (Å²) in [5, 5.41) is 23.9. The van der Waals surface area contributed by atoms with Crippen LogP contribution < -0.4 is 10.6 Å². The first kappa shape index (κ1) is 39.9. The molecule has 228 valence electrons. The van der Waals surface area contributed by atoms with Gasteiger partial charge in [-0.1, -0.05) is 11.8 Å². The van der Waals surface area contributed by atoms with Crippen molar-refractivity contribution in [1.82, 2.24) is 10.6 Å². The minimum absolute atomic E-state index is 0.0420. The van der Waals surface area contributed by atoms with E-state index >= 15 is 0 Å². The van der Waals surface area contributed by atoms with Crippen LogP contribution >= 0.6 is 94.1 Å². The van der Waals surface area contributed by atoms with Gasteiger partial charge in [-0.25, -0.2) is 14.8 Å². The number of nitrogens with one attached hydrogen (secondary N) is 2. The van der Waals surface area contributed by atoms with Gasteiger partial charge in [0.1, 0.15) is 17.6 Å². The molecule has 0 aromatic heterocycles. The number of ether oxygens (including phenoxy) is 1. The molecule has 0 saturated heterocycles. The Morgan fingerprint density at radius 1 is 0.846 bits per heavy atom. The number of amides is 2. The molecule has 0 bridgehead atoms. The highest BCUT2D eigenvalue weighted by molar-refractivity contribution is 8.16.